The summed E-state index contributed by atoms with van der Waals surface area (Å²) < 4.78 is 12.3. The summed E-state index contributed by atoms with van der Waals surface area (Å²) in [6.45, 7) is 11.7. The van der Waals surface area contributed by atoms with Gasteiger partial charge >= 0.3 is 0 Å². The third kappa shape index (κ3) is 5.87. The first kappa shape index (κ1) is 16.4. The lowest BCUT2D eigenvalue weighted by Crippen LogP contribution is -2.44. The molecule has 19 heavy (non-hydrogen) atoms. The molecule has 0 radical (unpaired) electrons. The number of aryl methyl sites for hydroxylation is 1. The molecule has 1 N–H and O–H groups in total. The van der Waals surface area contributed by atoms with Gasteiger partial charge in [0, 0.05) is 28.3 Å². The fraction of sp³-hybridized carbons (Fsp3) is 0.625. The molecule has 1 aromatic carbocycles. The predicted molar refractivity (Wildman–Crippen MR) is 84.8 cm³/mol. The topological polar surface area (TPSA) is 29.1 Å². The lowest BCUT2D eigenvalue weighted by Gasteiger charge is -2.31. The largest absolute Gasteiger partial charge is 0.313 e. The van der Waals surface area contributed by atoms with Crippen LogP contribution in [0.5, 0.6) is 0 Å². The molecule has 2 nitrogen and oxygen atoms in total. The first-order chi connectivity index (χ1) is 8.82. The SMILES string of the molecule is CCNC(CS(=O)Cc1cccc(C)c1)C(C)(C)C. The summed E-state index contributed by atoms with van der Waals surface area (Å²) in [4.78, 5) is 0. The maximum Gasteiger partial charge on any atom is 0.0486 e. The quantitative estimate of drug-likeness (QED) is 0.867. The standard InChI is InChI=1S/C16H27NOS/c1-6-17-15(16(3,4)5)12-19(18)11-14-9-7-8-13(2)10-14/h7-10,15,17H,6,11-12H2,1-5H3. The zero-order valence-corrected chi connectivity index (χ0v) is 13.6. The number of nitrogens with one attached hydrogen (secondary N) is 1. The monoisotopic (exact) mass is 281 g/mol. The Morgan fingerprint density at radius 3 is 2.53 bits per heavy atom. The van der Waals surface area contributed by atoms with Crippen LogP contribution < -0.4 is 5.32 Å². The van der Waals surface area contributed by atoms with Gasteiger partial charge in [0.1, 0.15) is 0 Å². The van der Waals surface area contributed by atoms with Crippen molar-refractivity contribution in [1.29, 1.82) is 0 Å². The molecule has 0 aliphatic carbocycles. The van der Waals surface area contributed by atoms with Crippen LogP contribution in [0.3, 0.4) is 0 Å². The van der Waals surface area contributed by atoms with E-state index in [0.29, 0.717) is 17.5 Å². The van der Waals surface area contributed by atoms with Crippen LogP contribution in [0.25, 0.3) is 0 Å². The van der Waals surface area contributed by atoms with E-state index in [1.807, 2.05) is 6.07 Å². The molecule has 0 heterocycles. The maximum absolute atomic E-state index is 12.3. The maximum atomic E-state index is 12.3. The highest BCUT2D eigenvalue weighted by Crippen LogP contribution is 2.20. The molecule has 2 atom stereocenters. The normalized spacial score (nSPS) is 15.2. The Hall–Kier alpha value is -0.670. The highest BCUT2D eigenvalue weighted by atomic mass is 32.2. The van der Waals surface area contributed by atoms with Crippen LogP contribution in [0.1, 0.15) is 38.8 Å². The van der Waals surface area contributed by atoms with Crippen molar-refractivity contribution in [1.82, 2.24) is 5.32 Å². The molecule has 0 saturated carbocycles. The van der Waals surface area contributed by atoms with Gasteiger partial charge in [0.15, 0.2) is 0 Å². The average Bonchev–Trinajstić information content (AvgIpc) is 2.27. The van der Waals surface area contributed by atoms with Crippen molar-refractivity contribution in [2.75, 3.05) is 12.3 Å². The van der Waals surface area contributed by atoms with E-state index in [2.05, 4.69) is 58.1 Å². The minimum atomic E-state index is -0.820. The first-order valence-corrected chi connectivity index (χ1v) is 8.45. The Bertz CT molecular complexity index is 423. The summed E-state index contributed by atoms with van der Waals surface area (Å²) in [5, 5.41) is 3.46. The van der Waals surface area contributed by atoms with E-state index in [4.69, 9.17) is 0 Å². The van der Waals surface area contributed by atoms with Gasteiger partial charge in [-0.15, -0.1) is 0 Å². The first-order valence-electron chi connectivity index (χ1n) is 6.97. The minimum absolute atomic E-state index is 0.137. The second-order valence-electron chi connectivity index (χ2n) is 6.22. The fourth-order valence-electron chi connectivity index (χ4n) is 2.09. The molecule has 2 unspecified atom stereocenters. The van der Waals surface area contributed by atoms with Crippen LogP contribution in [0.15, 0.2) is 24.3 Å². The lowest BCUT2D eigenvalue weighted by atomic mass is 9.88. The molecule has 0 aliphatic heterocycles. The molecule has 0 amide bonds. The molecular weight excluding hydrogens is 254 g/mol. The van der Waals surface area contributed by atoms with E-state index in [9.17, 15) is 4.21 Å². The van der Waals surface area contributed by atoms with Crippen LogP contribution in [-0.4, -0.2) is 22.5 Å². The van der Waals surface area contributed by atoms with Crippen LogP contribution in [0.2, 0.25) is 0 Å². The van der Waals surface area contributed by atoms with E-state index >= 15 is 0 Å². The van der Waals surface area contributed by atoms with Gasteiger partial charge in [-0.1, -0.05) is 57.5 Å². The van der Waals surface area contributed by atoms with Crippen molar-refractivity contribution in [3.8, 4) is 0 Å². The molecule has 1 aromatic rings. The van der Waals surface area contributed by atoms with Gasteiger partial charge in [-0.25, -0.2) is 0 Å². The van der Waals surface area contributed by atoms with Crippen molar-refractivity contribution < 1.29 is 4.21 Å². The third-order valence-corrected chi connectivity index (χ3v) is 4.62. The summed E-state index contributed by atoms with van der Waals surface area (Å²) in [7, 11) is -0.820. The molecule has 0 spiro atoms. The van der Waals surface area contributed by atoms with E-state index in [1.165, 1.54) is 11.1 Å². The average molecular weight is 281 g/mol. The Kier molecular flexibility index (Phi) is 6.21. The van der Waals surface area contributed by atoms with Gasteiger partial charge in [-0.2, -0.15) is 0 Å². The highest BCUT2D eigenvalue weighted by molar-refractivity contribution is 7.84. The van der Waals surface area contributed by atoms with Gasteiger partial charge in [0.2, 0.25) is 0 Å². The van der Waals surface area contributed by atoms with Crippen molar-refractivity contribution in [3.63, 3.8) is 0 Å². The molecule has 0 bridgehead atoms. The van der Waals surface area contributed by atoms with Gasteiger partial charge < -0.3 is 5.32 Å². The lowest BCUT2D eigenvalue weighted by molar-refractivity contribution is 0.294. The second kappa shape index (κ2) is 7.20. The Morgan fingerprint density at radius 2 is 2.00 bits per heavy atom. The van der Waals surface area contributed by atoms with E-state index in [0.717, 1.165) is 6.54 Å². The molecule has 0 aliphatic rings. The Morgan fingerprint density at radius 1 is 1.32 bits per heavy atom. The summed E-state index contributed by atoms with van der Waals surface area (Å²) in [5.74, 6) is 1.37. The minimum Gasteiger partial charge on any atom is -0.313 e. The number of benzene rings is 1. The van der Waals surface area contributed by atoms with E-state index in [-0.39, 0.29) is 5.41 Å². The fourth-order valence-corrected chi connectivity index (χ4v) is 3.75. The van der Waals surface area contributed by atoms with Gasteiger partial charge in [-0.05, 0) is 24.4 Å². The molecule has 3 heteroatoms. The predicted octanol–water partition coefficient (Wildman–Crippen LogP) is 3.27. The zero-order valence-electron chi connectivity index (χ0n) is 12.8. The summed E-state index contributed by atoms with van der Waals surface area (Å²) in [6.07, 6.45) is 0. The number of hydrogen-bond donors (Lipinski definition) is 1. The molecule has 1 rings (SSSR count). The van der Waals surface area contributed by atoms with Crippen molar-refractivity contribution >= 4 is 10.8 Å². The van der Waals surface area contributed by atoms with Gasteiger partial charge in [0.05, 0.1) is 0 Å². The van der Waals surface area contributed by atoms with Crippen LogP contribution in [-0.2, 0) is 16.6 Å². The Labute approximate surface area is 120 Å². The van der Waals surface area contributed by atoms with Crippen LogP contribution >= 0.6 is 0 Å². The van der Waals surface area contributed by atoms with Crippen LogP contribution in [0.4, 0.5) is 0 Å². The highest BCUT2D eigenvalue weighted by Gasteiger charge is 2.25. The van der Waals surface area contributed by atoms with E-state index < -0.39 is 10.8 Å². The van der Waals surface area contributed by atoms with Crippen molar-refractivity contribution in [3.05, 3.63) is 35.4 Å². The zero-order chi connectivity index (χ0) is 14.5. The molecule has 0 fully saturated rings. The third-order valence-electron chi connectivity index (χ3n) is 3.26. The van der Waals surface area contributed by atoms with Gasteiger partial charge in [-0.3, -0.25) is 4.21 Å². The molecular formula is C16H27NOS. The van der Waals surface area contributed by atoms with Crippen molar-refractivity contribution in [2.24, 2.45) is 5.41 Å². The van der Waals surface area contributed by atoms with Crippen LogP contribution in [0, 0.1) is 12.3 Å². The van der Waals surface area contributed by atoms with Crippen molar-refractivity contribution in [2.45, 2.75) is 46.4 Å². The summed E-state index contributed by atoms with van der Waals surface area (Å²) in [6, 6.07) is 8.58. The molecule has 0 saturated heterocycles. The molecule has 0 aromatic heterocycles. The number of rotatable bonds is 6. The van der Waals surface area contributed by atoms with Gasteiger partial charge in [0.25, 0.3) is 0 Å². The summed E-state index contributed by atoms with van der Waals surface area (Å²) in [5.41, 5.74) is 2.54. The molecule has 108 valence electrons. The Balaban J connectivity index is 2.63. The second-order valence-corrected chi connectivity index (χ2v) is 7.72. The van der Waals surface area contributed by atoms with E-state index in [1.54, 1.807) is 0 Å². The number of hydrogen-bond acceptors (Lipinski definition) is 2. The smallest absolute Gasteiger partial charge is 0.0486 e. The summed E-state index contributed by atoms with van der Waals surface area (Å²) >= 11 is 0.